The number of allylic oxidation sites excluding steroid dienone is 1. The molecule has 0 atom stereocenters. The maximum atomic E-state index is 13.4. The second-order valence-electron chi connectivity index (χ2n) is 7.32. The molecule has 0 unspecified atom stereocenters. The van der Waals surface area contributed by atoms with Crippen LogP contribution in [0.3, 0.4) is 0 Å². The topological polar surface area (TPSA) is 49.3 Å². The van der Waals surface area contributed by atoms with Gasteiger partial charge in [-0.15, -0.1) is 0 Å². The molecule has 1 saturated heterocycles. The molecule has 2 aliphatic rings. The smallest absolute Gasteiger partial charge is 0.229 e. The number of carbonyl (C=O) groups is 1. The number of piperidine rings is 1. The molecule has 27 heavy (non-hydrogen) atoms. The summed E-state index contributed by atoms with van der Waals surface area (Å²) in [5.74, 6) is 0.816. The molecule has 140 valence electrons. The van der Waals surface area contributed by atoms with Crippen LogP contribution in [-0.2, 0) is 11.3 Å². The second kappa shape index (κ2) is 7.47. The molecule has 0 radical (unpaired) electrons. The predicted molar refractivity (Wildman–Crippen MR) is 101 cm³/mol. The van der Waals surface area contributed by atoms with Gasteiger partial charge in [-0.05, 0) is 37.0 Å². The Morgan fingerprint density at radius 3 is 2.56 bits per heavy atom. The summed E-state index contributed by atoms with van der Waals surface area (Å²) >= 11 is 0. The number of halogens is 1. The molecular weight excluding hydrogens is 343 g/mol. The van der Waals surface area contributed by atoms with Crippen LogP contribution in [0, 0.1) is 11.2 Å². The van der Waals surface area contributed by atoms with E-state index in [4.69, 9.17) is 0 Å². The van der Waals surface area contributed by atoms with Gasteiger partial charge in [0.25, 0.3) is 0 Å². The lowest BCUT2D eigenvalue weighted by Crippen LogP contribution is -2.49. The van der Waals surface area contributed by atoms with Gasteiger partial charge in [0.05, 0.1) is 11.6 Å². The zero-order valence-electron chi connectivity index (χ0n) is 15.2. The SMILES string of the molecule is O=C1N(Cc2ccc(F)cc2)CC=CCC12CCN(c1cnccn1)CC2. The van der Waals surface area contributed by atoms with Crippen molar-refractivity contribution in [3.8, 4) is 0 Å². The molecule has 1 aromatic heterocycles. The normalized spacial score (nSPS) is 19.4. The fourth-order valence-corrected chi connectivity index (χ4v) is 4.00. The van der Waals surface area contributed by atoms with Gasteiger partial charge in [-0.1, -0.05) is 24.3 Å². The van der Waals surface area contributed by atoms with Gasteiger partial charge in [-0.2, -0.15) is 0 Å². The standard InChI is InChI=1S/C21H23FN4O/c22-18-5-3-17(4-6-18)16-26-12-2-1-7-21(20(26)27)8-13-25(14-9-21)19-15-23-10-11-24-19/h1-6,10-11,15H,7-9,12-14,16H2. The minimum absolute atomic E-state index is 0.204. The Kier molecular flexibility index (Phi) is 4.88. The highest BCUT2D eigenvalue weighted by Gasteiger charge is 2.43. The first kappa shape index (κ1) is 17.6. The van der Waals surface area contributed by atoms with Crippen LogP contribution in [0.4, 0.5) is 10.2 Å². The highest BCUT2D eigenvalue weighted by Crippen LogP contribution is 2.39. The number of rotatable bonds is 3. The lowest BCUT2D eigenvalue weighted by Gasteiger charge is -2.42. The monoisotopic (exact) mass is 366 g/mol. The zero-order valence-corrected chi connectivity index (χ0v) is 15.2. The Morgan fingerprint density at radius 2 is 1.85 bits per heavy atom. The lowest BCUT2D eigenvalue weighted by atomic mass is 9.74. The van der Waals surface area contributed by atoms with E-state index in [1.165, 1.54) is 12.1 Å². The number of hydrogen-bond donors (Lipinski definition) is 0. The molecule has 6 heteroatoms. The molecule has 4 rings (SSSR count). The molecule has 0 saturated carbocycles. The maximum absolute atomic E-state index is 13.4. The molecule has 1 amide bonds. The quantitative estimate of drug-likeness (QED) is 0.783. The van der Waals surface area contributed by atoms with Crippen LogP contribution in [0.2, 0.25) is 0 Å². The van der Waals surface area contributed by atoms with Gasteiger partial charge in [0.2, 0.25) is 5.91 Å². The van der Waals surface area contributed by atoms with Crippen LogP contribution in [0.25, 0.3) is 0 Å². The Morgan fingerprint density at radius 1 is 1.07 bits per heavy atom. The van der Waals surface area contributed by atoms with Gasteiger partial charge in [0, 0.05) is 38.6 Å². The van der Waals surface area contributed by atoms with Gasteiger partial charge in [0.15, 0.2) is 0 Å². The maximum Gasteiger partial charge on any atom is 0.229 e. The van der Waals surface area contributed by atoms with Gasteiger partial charge in [0.1, 0.15) is 11.6 Å². The van der Waals surface area contributed by atoms with Gasteiger partial charge in [-0.3, -0.25) is 9.78 Å². The summed E-state index contributed by atoms with van der Waals surface area (Å²) in [7, 11) is 0. The summed E-state index contributed by atoms with van der Waals surface area (Å²) in [5.41, 5.74) is 0.596. The average molecular weight is 366 g/mol. The summed E-state index contributed by atoms with van der Waals surface area (Å²) < 4.78 is 13.2. The fraction of sp³-hybridized carbons (Fsp3) is 0.381. The van der Waals surface area contributed by atoms with Crippen molar-refractivity contribution in [2.24, 2.45) is 5.41 Å². The van der Waals surface area contributed by atoms with Gasteiger partial charge < -0.3 is 9.80 Å². The Bertz CT molecular complexity index is 814. The van der Waals surface area contributed by atoms with Gasteiger partial charge in [-0.25, -0.2) is 9.37 Å². The van der Waals surface area contributed by atoms with Crippen LogP contribution < -0.4 is 4.90 Å². The van der Waals surface area contributed by atoms with Crippen molar-refractivity contribution >= 4 is 11.7 Å². The van der Waals surface area contributed by atoms with Crippen LogP contribution >= 0.6 is 0 Å². The summed E-state index contributed by atoms with van der Waals surface area (Å²) in [6, 6.07) is 6.40. The molecule has 0 bridgehead atoms. The van der Waals surface area contributed by atoms with Crippen LogP contribution in [-0.4, -0.2) is 40.4 Å². The highest BCUT2D eigenvalue weighted by molar-refractivity contribution is 5.84. The molecule has 0 N–H and O–H groups in total. The fourth-order valence-electron chi connectivity index (χ4n) is 4.00. The molecule has 1 aromatic carbocycles. The number of amides is 1. The average Bonchev–Trinajstić information content (AvgIpc) is 2.85. The minimum Gasteiger partial charge on any atom is -0.355 e. The largest absolute Gasteiger partial charge is 0.355 e. The van der Waals surface area contributed by atoms with Crippen molar-refractivity contribution in [1.82, 2.24) is 14.9 Å². The number of benzene rings is 1. The van der Waals surface area contributed by atoms with E-state index in [-0.39, 0.29) is 17.1 Å². The van der Waals surface area contributed by atoms with Crippen molar-refractivity contribution in [2.45, 2.75) is 25.8 Å². The van der Waals surface area contributed by atoms with Crippen LogP contribution in [0.15, 0.2) is 55.0 Å². The van der Waals surface area contributed by atoms with Gasteiger partial charge >= 0.3 is 0 Å². The molecule has 5 nitrogen and oxygen atoms in total. The van der Waals surface area contributed by atoms with Crippen LogP contribution in [0.1, 0.15) is 24.8 Å². The van der Waals surface area contributed by atoms with Crippen molar-refractivity contribution in [1.29, 1.82) is 0 Å². The van der Waals surface area contributed by atoms with E-state index in [1.807, 2.05) is 4.90 Å². The van der Waals surface area contributed by atoms with Crippen molar-refractivity contribution in [3.05, 3.63) is 66.4 Å². The third-order valence-electron chi connectivity index (χ3n) is 5.62. The number of hydrogen-bond acceptors (Lipinski definition) is 4. The molecule has 0 aliphatic carbocycles. The summed E-state index contributed by atoms with van der Waals surface area (Å²) in [5, 5.41) is 0. The molecule has 3 heterocycles. The Hall–Kier alpha value is -2.76. The third-order valence-corrected chi connectivity index (χ3v) is 5.62. The first-order chi connectivity index (χ1) is 13.2. The lowest BCUT2D eigenvalue weighted by molar-refractivity contribution is -0.143. The summed E-state index contributed by atoms with van der Waals surface area (Å²) in [6.45, 7) is 2.70. The second-order valence-corrected chi connectivity index (χ2v) is 7.32. The minimum atomic E-state index is -0.355. The van der Waals surface area contributed by atoms with E-state index in [1.54, 1.807) is 30.7 Å². The van der Waals surface area contributed by atoms with E-state index < -0.39 is 0 Å². The molecule has 2 aromatic rings. The Balaban J connectivity index is 1.48. The molecule has 1 fully saturated rings. The van der Waals surface area contributed by atoms with E-state index >= 15 is 0 Å². The summed E-state index contributed by atoms with van der Waals surface area (Å²) in [4.78, 5) is 26.0. The molecule has 1 spiro atoms. The first-order valence-corrected chi connectivity index (χ1v) is 9.36. The number of carbonyl (C=O) groups excluding carboxylic acids is 1. The predicted octanol–water partition coefficient (Wildman–Crippen LogP) is 3.19. The van der Waals surface area contributed by atoms with E-state index in [2.05, 4.69) is 27.0 Å². The van der Waals surface area contributed by atoms with E-state index in [0.29, 0.717) is 13.1 Å². The molecule has 2 aliphatic heterocycles. The number of aromatic nitrogens is 2. The first-order valence-electron chi connectivity index (χ1n) is 9.36. The van der Waals surface area contributed by atoms with E-state index in [9.17, 15) is 9.18 Å². The Labute approximate surface area is 158 Å². The van der Waals surface area contributed by atoms with Crippen molar-refractivity contribution in [3.63, 3.8) is 0 Å². The third kappa shape index (κ3) is 3.70. The number of anilines is 1. The van der Waals surface area contributed by atoms with Crippen LogP contribution in [0.5, 0.6) is 0 Å². The zero-order chi connectivity index (χ0) is 18.7. The van der Waals surface area contributed by atoms with E-state index in [0.717, 1.165) is 43.7 Å². The number of nitrogens with zero attached hydrogens (tertiary/aromatic N) is 4. The van der Waals surface area contributed by atoms with Crippen molar-refractivity contribution in [2.75, 3.05) is 24.5 Å². The highest BCUT2D eigenvalue weighted by atomic mass is 19.1. The van der Waals surface area contributed by atoms with Crippen molar-refractivity contribution < 1.29 is 9.18 Å². The summed E-state index contributed by atoms with van der Waals surface area (Å²) in [6.07, 6.45) is 11.7. The molecular formula is C21H23FN4O.